The zero-order valence-corrected chi connectivity index (χ0v) is 14.3. The molecule has 0 aromatic heterocycles. The molecule has 2 aliphatic heterocycles. The standard InChI is InChI=1S/C16H18ClNO4S/c1-22-11-4-2-10(3-5-11)6-12-16(8-17,15(20)21)9-18-13(19)7-14(18)23-12/h2-5,12,14H,6-9H2,1H3,(H,20,21)/t12?,14-,16?/m1/s1. The highest BCUT2D eigenvalue weighted by Crippen LogP contribution is 2.48. The van der Waals surface area contributed by atoms with Crippen LogP contribution in [0.2, 0.25) is 0 Å². The Morgan fingerprint density at radius 2 is 2.17 bits per heavy atom. The van der Waals surface area contributed by atoms with Gasteiger partial charge in [0.2, 0.25) is 5.91 Å². The van der Waals surface area contributed by atoms with E-state index in [1.807, 2.05) is 24.3 Å². The van der Waals surface area contributed by atoms with Gasteiger partial charge in [-0.25, -0.2) is 0 Å². The Kier molecular flexibility index (Phi) is 4.47. The molecule has 3 rings (SSSR count). The van der Waals surface area contributed by atoms with Gasteiger partial charge in [0.05, 0.1) is 18.9 Å². The second-order valence-corrected chi connectivity index (χ2v) is 7.60. The van der Waals surface area contributed by atoms with Crippen LogP contribution in [0.1, 0.15) is 12.0 Å². The summed E-state index contributed by atoms with van der Waals surface area (Å²) < 4.78 is 5.15. The monoisotopic (exact) mass is 355 g/mol. The van der Waals surface area contributed by atoms with Crippen LogP contribution in [0.4, 0.5) is 0 Å². The molecule has 2 heterocycles. The summed E-state index contributed by atoms with van der Waals surface area (Å²) in [7, 11) is 1.61. The Hall–Kier alpha value is -1.40. The van der Waals surface area contributed by atoms with Gasteiger partial charge in [0.15, 0.2) is 0 Å². The lowest BCUT2D eigenvalue weighted by atomic mass is 9.81. The fourth-order valence-corrected chi connectivity index (χ4v) is 5.31. The number of carbonyl (C=O) groups excluding carboxylic acids is 1. The molecule has 1 amide bonds. The highest BCUT2D eigenvalue weighted by molar-refractivity contribution is 8.00. The molecule has 1 aromatic carbocycles. The number of carboxylic acids is 1. The zero-order valence-electron chi connectivity index (χ0n) is 12.7. The largest absolute Gasteiger partial charge is 0.497 e. The number of nitrogens with zero attached hydrogens (tertiary/aromatic N) is 1. The molecule has 0 aliphatic carbocycles. The Morgan fingerprint density at radius 3 is 2.70 bits per heavy atom. The molecular weight excluding hydrogens is 338 g/mol. The van der Waals surface area contributed by atoms with Crippen LogP contribution in [0, 0.1) is 5.41 Å². The smallest absolute Gasteiger partial charge is 0.313 e. The summed E-state index contributed by atoms with van der Waals surface area (Å²) in [6.45, 7) is 0.198. The number of fused-ring (bicyclic) bond motifs is 1. The second-order valence-electron chi connectivity index (χ2n) is 5.95. The lowest BCUT2D eigenvalue weighted by Gasteiger charge is -2.53. The van der Waals surface area contributed by atoms with Gasteiger partial charge in [0, 0.05) is 17.7 Å². The normalized spacial score (nSPS) is 29.7. The lowest BCUT2D eigenvalue weighted by molar-refractivity contribution is -0.155. The third kappa shape index (κ3) is 2.78. The summed E-state index contributed by atoms with van der Waals surface area (Å²) in [6, 6.07) is 7.62. The van der Waals surface area contributed by atoms with Crippen molar-refractivity contribution < 1.29 is 19.4 Å². The van der Waals surface area contributed by atoms with E-state index in [2.05, 4.69) is 0 Å². The first-order valence-corrected chi connectivity index (χ1v) is 8.85. The van der Waals surface area contributed by atoms with E-state index in [9.17, 15) is 14.7 Å². The van der Waals surface area contributed by atoms with E-state index in [1.165, 1.54) is 0 Å². The van der Waals surface area contributed by atoms with Crippen LogP contribution in [-0.2, 0) is 16.0 Å². The molecule has 0 radical (unpaired) electrons. The minimum Gasteiger partial charge on any atom is -0.497 e. The SMILES string of the molecule is COc1ccc(CC2S[C@@H]3CC(=O)N3CC2(CCl)C(=O)O)cc1. The van der Waals surface area contributed by atoms with Crippen molar-refractivity contribution in [2.75, 3.05) is 19.5 Å². The van der Waals surface area contributed by atoms with Crippen LogP contribution in [-0.4, -0.2) is 52.0 Å². The van der Waals surface area contributed by atoms with Gasteiger partial charge >= 0.3 is 5.97 Å². The van der Waals surface area contributed by atoms with E-state index >= 15 is 0 Å². The van der Waals surface area contributed by atoms with Crippen LogP contribution in [0.3, 0.4) is 0 Å². The van der Waals surface area contributed by atoms with Gasteiger partial charge in [-0.1, -0.05) is 12.1 Å². The summed E-state index contributed by atoms with van der Waals surface area (Å²) in [5.74, 6) is -0.160. The van der Waals surface area contributed by atoms with Crippen LogP contribution < -0.4 is 4.74 Å². The number of hydrogen-bond acceptors (Lipinski definition) is 4. The number of β-lactam (4-membered cyclic amide) rings is 1. The molecule has 2 fully saturated rings. The number of alkyl halides is 1. The quantitative estimate of drug-likeness (QED) is 0.648. The summed E-state index contributed by atoms with van der Waals surface area (Å²) in [5.41, 5.74) is -0.0724. The first kappa shape index (κ1) is 16.5. The topological polar surface area (TPSA) is 66.8 Å². The molecule has 23 heavy (non-hydrogen) atoms. The summed E-state index contributed by atoms with van der Waals surface area (Å²) in [6.07, 6.45) is 1.09. The molecule has 1 N–H and O–H groups in total. The summed E-state index contributed by atoms with van der Waals surface area (Å²) >= 11 is 7.63. The number of hydrogen-bond donors (Lipinski definition) is 1. The average Bonchev–Trinajstić information content (AvgIpc) is 2.55. The van der Waals surface area contributed by atoms with E-state index in [4.69, 9.17) is 16.3 Å². The molecule has 7 heteroatoms. The highest BCUT2D eigenvalue weighted by atomic mass is 35.5. The van der Waals surface area contributed by atoms with Crippen molar-refractivity contribution in [3.8, 4) is 5.75 Å². The maximum atomic E-state index is 11.9. The van der Waals surface area contributed by atoms with Crippen LogP contribution in [0.25, 0.3) is 0 Å². The molecule has 0 spiro atoms. The van der Waals surface area contributed by atoms with Crippen molar-refractivity contribution in [1.82, 2.24) is 4.90 Å². The van der Waals surface area contributed by atoms with Gasteiger partial charge in [-0.3, -0.25) is 9.59 Å². The fraction of sp³-hybridized carbons (Fsp3) is 0.500. The summed E-state index contributed by atoms with van der Waals surface area (Å²) in [5, 5.41) is 9.70. The molecule has 0 saturated carbocycles. The predicted octanol–water partition coefficient (Wildman–Crippen LogP) is 2.22. The van der Waals surface area contributed by atoms with Crippen molar-refractivity contribution >= 4 is 35.2 Å². The van der Waals surface area contributed by atoms with E-state index in [0.717, 1.165) is 11.3 Å². The van der Waals surface area contributed by atoms with E-state index in [-0.39, 0.29) is 29.0 Å². The molecular formula is C16H18ClNO4S. The molecule has 2 aliphatic rings. The van der Waals surface area contributed by atoms with E-state index in [1.54, 1.807) is 23.8 Å². The van der Waals surface area contributed by atoms with Crippen LogP contribution in [0.15, 0.2) is 24.3 Å². The molecule has 2 saturated heterocycles. The van der Waals surface area contributed by atoms with Gasteiger partial charge in [0.1, 0.15) is 11.2 Å². The van der Waals surface area contributed by atoms with Gasteiger partial charge in [-0.2, -0.15) is 0 Å². The van der Waals surface area contributed by atoms with Gasteiger partial charge in [-0.15, -0.1) is 23.4 Å². The van der Waals surface area contributed by atoms with E-state index < -0.39 is 11.4 Å². The number of ether oxygens (including phenoxy) is 1. The molecule has 0 bridgehead atoms. The Labute approximate surface area is 143 Å². The molecule has 2 unspecified atom stereocenters. The first-order valence-electron chi connectivity index (χ1n) is 7.37. The zero-order chi connectivity index (χ0) is 16.6. The Morgan fingerprint density at radius 1 is 1.48 bits per heavy atom. The molecule has 1 aromatic rings. The number of benzene rings is 1. The molecule has 124 valence electrons. The number of aliphatic carboxylic acids is 1. The lowest BCUT2D eigenvalue weighted by Crippen LogP contribution is -2.65. The van der Waals surface area contributed by atoms with E-state index in [0.29, 0.717) is 12.8 Å². The number of carbonyl (C=O) groups is 2. The number of methoxy groups -OCH3 is 1. The first-order chi connectivity index (χ1) is 11.0. The number of carboxylic acid groups (broad SMARTS) is 1. The van der Waals surface area contributed by atoms with Crippen LogP contribution >= 0.6 is 23.4 Å². The average molecular weight is 356 g/mol. The number of thioether (sulfide) groups is 1. The minimum absolute atomic E-state index is 0.00729. The third-order valence-electron chi connectivity index (χ3n) is 4.65. The highest BCUT2D eigenvalue weighted by Gasteiger charge is 2.56. The Balaban J connectivity index is 1.84. The van der Waals surface area contributed by atoms with Crippen molar-refractivity contribution in [3.05, 3.63) is 29.8 Å². The molecule has 3 atom stereocenters. The van der Waals surface area contributed by atoms with Crippen molar-refractivity contribution in [2.45, 2.75) is 23.5 Å². The number of rotatable bonds is 5. The van der Waals surface area contributed by atoms with Crippen LogP contribution in [0.5, 0.6) is 5.75 Å². The van der Waals surface area contributed by atoms with Gasteiger partial charge < -0.3 is 14.7 Å². The Bertz CT molecular complexity index is 623. The van der Waals surface area contributed by atoms with Crippen molar-refractivity contribution in [1.29, 1.82) is 0 Å². The van der Waals surface area contributed by atoms with Crippen molar-refractivity contribution in [3.63, 3.8) is 0 Å². The van der Waals surface area contributed by atoms with Gasteiger partial charge in [-0.05, 0) is 24.1 Å². The predicted molar refractivity (Wildman–Crippen MR) is 89.0 cm³/mol. The fourth-order valence-electron chi connectivity index (χ4n) is 3.07. The second kappa shape index (κ2) is 6.24. The van der Waals surface area contributed by atoms with Gasteiger partial charge in [0.25, 0.3) is 0 Å². The minimum atomic E-state index is -1.11. The number of halogens is 1. The summed E-state index contributed by atoms with van der Waals surface area (Å²) in [4.78, 5) is 25.3. The third-order valence-corrected chi connectivity index (χ3v) is 6.81. The van der Waals surface area contributed by atoms with Crippen molar-refractivity contribution in [2.24, 2.45) is 5.41 Å². The maximum absolute atomic E-state index is 11.9. The molecule has 5 nitrogen and oxygen atoms in total. The number of amides is 1. The maximum Gasteiger partial charge on any atom is 0.313 e.